The zero-order chi connectivity index (χ0) is 17.6. The van der Waals surface area contributed by atoms with Crippen LogP contribution in [0.5, 0.6) is 0 Å². The molecule has 4 nitrogen and oxygen atoms in total. The predicted octanol–water partition coefficient (Wildman–Crippen LogP) is 4.43. The Morgan fingerprint density at radius 3 is 2.58 bits per heavy atom. The van der Waals surface area contributed by atoms with Crippen LogP contribution in [0.3, 0.4) is 0 Å². The number of halogens is 2. The number of nitrogens with zero attached hydrogens (tertiary/aromatic N) is 2. The highest BCUT2D eigenvalue weighted by atomic mass is 79.9. The summed E-state index contributed by atoms with van der Waals surface area (Å²) >= 11 is 5.05. The monoisotopic (exact) mass is 451 g/mol. The van der Waals surface area contributed by atoms with Gasteiger partial charge in [-0.3, -0.25) is 4.79 Å². The summed E-state index contributed by atoms with van der Waals surface area (Å²) in [6.45, 7) is 0.528. The molecule has 0 aliphatic rings. The summed E-state index contributed by atoms with van der Waals surface area (Å²) in [5, 5.41) is 1.99. The Kier molecular flexibility index (Phi) is 7.63. The Bertz CT molecular complexity index is 830. The molecule has 1 aromatic heterocycles. The number of primary amides is 1. The third-order valence-corrected chi connectivity index (χ3v) is 5.06. The van der Waals surface area contributed by atoms with E-state index in [4.69, 9.17) is 5.73 Å². The van der Waals surface area contributed by atoms with Crippen LogP contribution in [-0.2, 0) is 17.8 Å². The molecule has 0 fully saturated rings. The van der Waals surface area contributed by atoms with Crippen molar-refractivity contribution in [3.05, 3.63) is 81.2 Å². The Hall–Kier alpha value is -1.89. The number of carbonyl (C=O) groups is 1. The maximum Gasteiger partial charge on any atom is 0.240 e. The van der Waals surface area contributed by atoms with Crippen molar-refractivity contribution in [1.29, 1.82) is 0 Å². The Labute approximate surface area is 171 Å². The molecule has 0 aliphatic heterocycles. The highest BCUT2D eigenvalue weighted by Gasteiger charge is 2.25. The molecule has 7 heteroatoms. The van der Waals surface area contributed by atoms with E-state index >= 15 is 0 Å². The van der Waals surface area contributed by atoms with Gasteiger partial charge in [-0.05, 0) is 23.8 Å². The van der Waals surface area contributed by atoms with Crippen LogP contribution in [-0.4, -0.2) is 16.9 Å². The first-order valence-electron chi connectivity index (χ1n) is 7.86. The molecular weight excluding hydrogens is 434 g/mol. The first-order chi connectivity index (χ1) is 12.1. The minimum Gasteiger partial charge on any atom is -0.368 e. The van der Waals surface area contributed by atoms with Gasteiger partial charge >= 0.3 is 0 Å². The van der Waals surface area contributed by atoms with Crippen molar-refractivity contribution in [3.63, 3.8) is 0 Å². The Morgan fingerprint density at radius 2 is 1.96 bits per heavy atom. The summed E-state index contributed by atoms with van der Waals surface area (Å²) in [4.78, 5) is 18.7. The molecule has 0 radical (unpaired) electrons. The number of hydrogen-bond donors (Lipinski definition) is 1. The molecule has 0 spiro atoms. The summed E-state index contributed by atoms with van der Waals surface area (Å²) in [7, 11) is 0. The fraction of sp³-hybridized carbons (Fsp3) is 0.158. The van der Waals surface area contributed by atoms with Gasteiger partial charge in [0.1, 0.15) is 6.04 Å². The molecule has 2 N–H and O–H groups in total. The number of benzene rings is 2. The highest BCUT2D eigenvalue weighted by molar-refractivity contribution is 9.10. The van der Waals surface area contributed by atoms with Crippen molar-refractivity contribution in [1.82, 2.24) is 4.98 Å². The first kappa shape index (κ1) is 20.4. The van der Waals surface area contributed by atoms with E-state index in [1.54, 1.807) is 16.8 Å². The summed E-state index contributed by atoms with van der Waals surface area (Å²) in [5.41, 5.74) is 10.5. The number of nitrogens with two attached hydrogens (primary N) is 1. The summed E-state index contributed by atoms with van der Waals surface area (Å²) < 4.78 is 0.955. The van der Waals surface area contributed by atoms with Gasteiger partial charge in [-0.1, -0.05) is 52.3 Å². The van der Waals surface area contributed by atoms with Crippen LogP contribution in [0.1, 0.15) is 11.3 Å². The second-order valence-electron chi connectivity index (χ2n) is 5.70. The van der Waals surface area contributed by atoms with Crippen LogP contribution >= 0.6 is 39.7 Å². The average Bonchev–Trinajstić information content (AvgIpc) is 3.12. The van der Waals surface area contributed by atoms with Gasteiger partial charge < -0.3 is 10.6 Å². The molecule has 26 heavy (non-hydrogen) atoms. The molecule has 0 saturated carbocycles. The molecule has 3 aromatic rings. The fourth-order valence-electron chi connectivity index (χ4n) is 2.73. The summed E-state index contributed by atoms with van der Waals surface area (Å²) in [6, 6.07) is 17.4. The quantitative estimate of drug-likeness (QED) is 0.577. The van der Waals surface area contributed by atoms with Gasteiger partial charge in [0.2, 0.25) is 5.91 Å². The second kappa shape index (κ2) is 9.71. The molecule has 1 atom stereocenters. The predicted molar refractivity (Wildman–Crippen MR) is 113 cm³/mol. The van der Waals surface area contributed by atoms with Gasteiger partial charge in [-0.2, -0.15) is 0 Å². The van der Waals surface area contributed by atoms with E-state index < -0.39 is 6.04 Å². The van der Waals surface area contributed by atoms with Crippen LogP contribution in [0.4, 0.5) is 5.69 Å². The van der Waals surface area contributed by atoms with Gasteiger partial charge in [0.05, 0.1) is 17.7 Å². The number of hydrogen-bond acceptors (Lipinski definition) is 4. The standard InChI is InChI=1S/C19H18BrN3OS.ClH/c20-15-7-4-8-17(10-15)23(11-16-12-25-13-22-16)18(19(21)24)9-14-5-2-1-3-6-14;/h1-8,10,12-13,18H,9,11H2,(H2,21,24);1H/t18-;/m0./s1. The zero-order valence-electron chi connectivity index (χ0n) is 13.9. The molecule has 1 heterocycles. The number of amides is 1. The van der Waals surface area contributed by atoms with Crippen LogP contribution in [0.2, 0.25) is 0 Å². The lowest BCUT2D eigenvalue weighted by Crippen LogP contribution is -2.46. The van der Waals surface area contributed by atoms with Crippen LogP contribution in [0.25, 0.3) is 0 Å². The van der Waals surface area contributed by atoms with Crippen molar-refractivity contribution < 1.29 is 4.79 Å². The minimum atomic E-state index is -0.460. The lowest BCUT2D eigenvalue weighted by atomic mass is 10.0. The van der Waals surface area contributed by atoms with E-state index in [1.165, 1.54) is 0 Å². The number of carbonyl (C=O) groups excluding carboxylic acids is 1. The van der Waals surface area contributed by atoms with Crippen LogP contribution in [0.15, 0.2) is 70.0 Å². The van der Waals surface area contributed by atoms with Crippen LogP contribution in [0, 0.1) is 0 Å². The van der Waals surface area contributed by atoms with Gasteiger partial charge in [-0.15, -0.1) is 23.7 Å². The molecule has 0 unspecified atom stereocenters. The largest absolute Gasteiger partial charge is 0.368 e. The van der Waals surface area contributed by atoms with Gasteiger partial charge in [0.15, 0.2) is 0 Å². The molecule has 3 rings (SSSR count). The van der Waals surface area contributed by atoms with E-state index in [0.717, 1.165) is 21.4 Å². The second-order valence-corrected chi connectivity index (χ2v) is 7.33. The lowest BCUT2D eigenvalue weighted by molar-refractivity contribution is -0.119. The Morgan fingerprint density at radius 1 is 1.19 bits per heavy atom. The number of anilines is 1. The van der Waals surface area contributed by atoms with E-state index in [0.29, 0.717) is 13.0 Å². The third kappa shape index (κ3) is 5.30. The molecule has 2 aromatic carbocycles. The summed E-state index contributed by atoms with van der Waals surface area (Å²) in [5.74, 6) is -0.348. The van der Waals surface area contributed by atoms with E-state index in [9.17, 15) is 4.79 Å². The van der Waals surface area contributed by atoms with Crippen molar-refractivity contribution in [2.24, 2.45) is 5.73 Å². The topological polar surface area (TPSA) is 59.2 Å². The molecule has 0 aliphatic carbocycles. The van der Waals surface area contributed by atoms with Gasteiger partial charge in [-0.25, -0.2) is 4.98 Å². The smallest absolute Gasteiger partial charge is 0.240 e. The zero-order valence-corrected chi connectivity index (χ0v) is 17.1. The number of aromatic nitrogens is 1. The summed E-state index contributed by atoms with van der Waals surface area (Å²) in [6.07, 6.45) is 0.548. The number of thiazole rings is 1. The maximum absolute atomic E-state index is 12.3. The fourth-order valence-corrected chi connectivity index (χ4v) is 3.66. The van der Waals surface area contributed by atoms with E-state index in [-0.39, 0.29) is 18.3 Å². The van der Waals surface area contributed by atoms with Gasteiger partial charge in [0.25, 0.3) is 0 Å². The molecular formula is C19H19BrClN3OS. The molecule has 1 amide bonds. The SMILES string of the molecule is Cl.NC(=O)[C@H](Cc1ccccc1)N(Cc1cscn1)c1cccc(Br)c1. The minimum absolute atomic E-state index is 0. The van der Waals surface area contributed by atoms with Crippen molar-refractivity contribution in [2.75, 3.05) is 4.90 Å². The molecule has 0 bridgehead atoms. The first-order valence-corrected chi connectivity index (χ1v) is 9.59. The average molecular weight is 453 g/mol. The molecule has 136 valence electrons. The highest BCUT2D eigenvalue weighted by Crippen LogP contribution is 2.25. The van der Waals surface area contributed by atoms with Crippen LogP contribution < -0.4 is 10.6 Å². The van der Waals surface area contributed by atoms with Gasteiger partial charge in [0, 0.05) is 22.0 Å². The third-order valence-electron chi connectivity index (χ3n) is 3.93. The number of rotatable bonds is 7. The van der Waals surface area contributed by atoms with E-state index in [2.05, 4.69) is 20.9 Å². The lowest BCUT2D eigenvalue weighted by Gasteiger charge is -2.31. The van der Waals surface area contributed by atoms with Crippen molar-refractivity contribution in [3.8, 4) is 0 Å². The van der Waals surface area contributed by atoms with Crippen molar-refractivity contribution >= 4 is 51.3 Å². The molecule has 0 saturated heterocycles. The Balaban J connectivity index is 0.00000243. The van der Waals surface area contributed by atoms with E-state index in [1.807, 2.05) is 64.9 Å². The normalized spacial score (nSPS) is 11.4. The van der Waals surface area contributed by atoms with Crippen molar-refractivity contribution in [2.45, 2.75) is 19.0 Å². The maximum atomic E-state index is 12.3.